The molecule has 0 fully saturated rings. The van der Waals surface area contributed by atoms with E-state index < -0.39 is 0 Å². The van der Waals surface area contributed by atoms with Crippen LogP contribution < -0.4 is 20.1 Å². The highest BCUT2D eigenvalue weighted by atomic mass is 32.2. The Labute approximate surface area is 144 Å². The molecule has 0 spiro atoms. The fourth-order valence-corrected chi connectivity index (χ4v) is 2.02. The van der Waals surface area contributed by atoms with Crippen molar-refractivity contribution in [2.45, 2.75) is 31.6 Å². The SMILES string of the molecule is CN=C(NCC(C)Oc1ccccc1OC)NCC(C)(C)SC. The Morgan fingerprint density at radius 2 is 1.91 bits per heavy atom. The van der Waals surface area contributed by atoms with Crippen molar-refractivity contribution in [2.24, 2.45) is 4.99 Å². The number of para-hydroxylation sites is 2. The molecule has 0 aliphatic rings. The molecule has 130 valence electrons. The molecule has 0 saturated heterocycles. The van der Waals surface area contributed by atoms with Gasteiger partial charge in [0.05, 0.1) is 13.7 Å². The lowest BCUT2D eigenvalue weighted by Gasteiger charge is -2.24. The summed E-state index contributed by atoms with van der Waals surface area (Å²) in [5.41, 5.74) is 0. The first-order valence-electron chi connectivity index (χ1n) is 7.71. The number of aliphatic imine (C=N–C) groups is 1. The highest BCUT2D eigenvalue weighted by molar-refractivity contribution is 7.99. The number of nitrogens with one attached hydrogen (secondary N) is 2. The van der Waals surface area contributed by atoms with Gasteiger partial charge in [-0.2, -0.15) is 11.8 Å². The highest BCUT2D eigenvalue weighted by Crippen LogP contribution is 2.26. The van der Waals surface area contributed by atoms with Gasteiger partial charge in [0, 0.05) is 18.3 Å². The number of guanidine groups is 1. The van der Waals surface area contributed by atoms with Crippen molar-refractivity contribution in [3.8, 4) is 11.5 Å². The summed E-state index contributed by atoms with van der Waals surface area (Å²) in [6, 6.07) is 7.65. The van der Waals surface area contributed by atoms with Crippen molar-refractivity contribution in [3.63, 3.8) is 0 Å². The molecule has 2 N–H and O–H groups in total. The third kappa shape index (κ3) is 7.03. The molecular weight excluding hydrogens is 310 g/mol. The van der Waals surface area contributed by atoms with E-state index in [-0.39, 0.29) is 10.9 Å². The molecule has 1 unspecified atom stereocenters. The number of nitrogens with zero attached hydrogens (tertiary/aromatic N) is 1. The van der Waals surface area contributed by atoms with Gasteiger partial charge in [0.2, 0.25) is 0 Å². The molecule has 1 aromatic carbocycles. The van der Waals surface area contributed by atoms with Crippen LogP contribution in [0.4, 0.5) is 0 Å². The van der Waals surface area contributed by atoms with Gasteiger partial charge in [-0.05, 0) is 39.2 Å². The summed E-state index contributed by atoms with van der Waals surface area (Å²) in [7, 11) is 3.41. The van der Waals surface area contributed by atoms with Crippen LogP contribution in [0.15, 0.2) is 29.3 Å². The van der Waals surface area contributed by atoms with Crippen molar-refractivity contribution in [1.82, 2.24) is 10.6 Å². The maximum Gasteiger partial charge on any atom is 0.191 e. The largest absolute Gasteiger partial charge is 0.493 e. The maximum atomic E-state index is 5.92. The van der Waals surface area contributed by atoms with Crippen LogP contribution in [0.2, 0.25) is 0 Å². The van der Waals surface area contributed by atoms with Gasteiger partial charge in [-0.25, -0.2) is 0 Å². The number of thioether (sulfide) groups is 1. The molecule has 0 saturated carbocycles. The van der Waals surface area contributed by atoms with Gasteiger partial charge in [0.1, 0.15) is 6.10 Å². The van der Waals surface area contributed by atoms with Gasteiger partial charge in [0.25, 0.3) is 0 Å². The van der Waals surface area contributed by atoms with Crippen LogP contribution >= 0.6 is 11.8 Å². The van der Waals surface area contributed by atoms with Gasteiger partial charge >= 0.3 is 0 Å². The van der Waals surface area contributed by atoms with Crippen LogP contribution in [0.25, 0.3) is 0 Å². The molecule has 0 heterocycles. The van der Waals surface area contributed by atoms with Crippen LogP contribution in [-0.4, -0.2) is 50.3 Å². The Balaban J connectivity index is 2.46. The monoisotopic (exact) mass is 339 g/mol. The third-order valence-corrected chi connectivity index (χ3v) is 4.66. The predicted molar refractivity (Wildman–Crippen MR) is 100 cm³/mol. The van der Waals surface area contributed by atoms with E-state index in [1.807, 2.05) is 43.0 Å². The predicted octanol–water partition coefficient (Wildman–Crippen LogP) is 2.77. The van der Waals surface area contributed by atoms with Crippen LogP contribution in [0.5, 0.6) is 11.5 Å². The van der Waals surface area contributed by atoms with Crippen molar-refractivity contribution >= 4 is 17.7 Å². The zero-order valence-electron chi connectivity index (χ0n) is 15.0. The summed E-state index contributed by atoms with van der Waals surface area (Å²) in [4.78, 5) is 4.24. The first-order chi connectivity index (χ1) is 10.9. The number of hydrogen-bond donors (Lipinski definition) is 2. The Morgan fingerprint density at radius 1 is 1.26 bits per heavy atom. The Kier molecular flexibility index (Phi) is 8.09. The first kappa shape index (κ1) is 19.5. The lowest BCUT2D eigenvalue weighted by Crippen LogP contribution is -2.45. The van der Waals surface area contributed by atoms with Crippen LogP contribution in [0.3, 0.4) is 0 Å². The van der Waals surface area contributed by atoms with E-state index in [2.05, 4.69) is 35.7 Å². The minimum atomic E-state index is -0.0154. The Hall–Kier alpha value is -1.56. The summed E-state index contributed by atoms with van der Waals surface area (Å²) < 4.78 is 11.4. The molecule has 5 nitrogen and oxygen atoms in total. The molecule has 23 heavy (non-hydrogen) atoms. The second kappa shape index (κ2) is 9.55. The Morgan fingerprint density at radius 3 is 2.48 bits per heavy atom. The fraction of sp³-hybridized carbons (Fsp3) is 0.588. The van der Waals surface area contributed by atoms with E-state index in [0.29, 0.717) is 6.54 Å². The smallest absolute Gasteiger partial charge is 0.191 e. The molecule has 0 amide bonds. The van der Waals surface area contributed by atoms with E-state index in [0.717, 1.165) is 24.0 Å². The summed E-state index contributed by atoms with van der Waals surface area (Å²) in [6.45, 7) is 7.91. The summed E-state index contributed by atoms with van der Waals surface area (Å²) in [5, 5.41) is 6.63. The average Bonchev–Trinajstić information content (AvgIpc) is 2.55. The molecule has 1 atom stereocenters. The lowest BCUT2D eigenvalue weighted by atomic mass is 10.2. The molecule has 0 aliphatic carbocycles. The molecule has 0 bridgehead atoms. The molecular formula is C17H29N3O2S. The molecule has 0 radical (unpaired) electrons. The summed E-state index contributed by atoms with van der Waals surface area (Å²) in [5.74, 6) is 2.27. The molecule has 6 heteroatoms. The quantitative estimate of drug-likeness (QED) is 0.563. The van der Waals surface area contributed by atoms with Crippen LogP contribution in [0.1, 0.15) is 20.8 Å². The minimum absolute atomic E-state index is 0.0154. The number of ether oxygens (including phenoxy) is 2. The maximum absolute atomic E-state index is 5.92. The summed E-state index contributed by atoms with van der Waals surface area (Å²) in [6.07, 6.45) is 2.10. The fourth-order valence-electron chi connectivity index (χ4n) is 1.80. The molecule has 0 aliphatic heterocycles. The zero-order valence-corrected chi connectivity index (χ0v) is 15.8. The van der Waals surface area contributed by atoms with Crippen molar-refractivity contribution in [1.29, 1.82) is 0 Å². The van der Waals surface area contributed by atoms with Crippen LogP contribution in [0, 0.1) is 0 Å². The molecule has 1 rings (SSSR count). The number of rotatable bonds is 8. The molecule has 1 aromatic rings. The van der Waals surface area contributed by atoms with Gasteiger partial charge in [0.15, 0.2) is 17.5 Å². The normalized spacial score (nSPS) is 13.4. The van der Waals surface area contributed by atoms with E-state index >= 15 is 0 Å². The van der Waals surface area contributed by atoms with E-state index in [1.165, 1.54) is 0 Å². The average molecular weight is 340 g/mol. The second-order valence-corrected chi connectivity index (χ2v) is 7.36. The zero-order chi connectivity index (χ0) is 17.3. The lowest BCUT2D eigenvalue weighted by molar-refractivity contribution is 0.213. The van der Waals surface area contributed by atoms with E-state index in [4.69, 9.17) is 9.47 Å². The van der Waals surface area contributed by atoms with Gasteiger partial charge in [-0.1, -0.05) is 12.1 Å². The number of benzene rings is 1. The van der Waals surface area contributed by atoms with E-state index in [1.54, 1.807) is 14.2 Å². The van der Waals surface area contributed by atoms with Crippen molar-refractivity contribution in [2.75, 3.05) is 33.5 Å². The standard InChI is InChI=1S/C17H29N3O2S/c1-13(22-15-10-8-7-9-14(15)21-5)11-19-16(18-4)20-12-17(2,3)23-6/h7-10,13H,11-12H2,1-6H3,(H2,18,19,20). The first-order valence-corrected chi connectivity index (χ1v) is 8.93. The third-order valence-electron chi connectivity index (χ3n) is 3.41. The van der Waals surface area contributed by atoms with Crippen molar-refractivity contribution in [3.05, 3.63) is 24.3 Å². The molecule has 0 aromatic heterocycles. The number of hydrogen-bond acceptors (Lipinski definition) is 4. The Bertz CT molecular complexity index is 506. The van der Waals surface area contributed by atoms with Gasteiger partial charge in [-0.3, -0.25) is 4.99 Å². The minimum Gasteiger partial charge on any atom is -0.493 e. The van der Waals surface area contributed by atoms with Gasteiger partial charge < -0.3 is 20.1 Å². The van der Waals surface area contributed by atoms with Gasteiger partial charge in [-0.15, -0.1) is 0 Å². The highest BCUT2D eigenvalue weighted by Gasteiger charge is 2.16. The topological polar surface area (TPSA) is 54.9 Å². The second-order valence-electron chi connectivity index (χ2n) is 5.85. The van der Waals surface area contributed by atoms with Crippen molar-refractivity contribution < 1.29 is 9.47 Å². The van der Waals surface area contributed by atoms with Crippen LogP contribution in [-0.2, 0) is 0 Å². The van der Waals surface area contributed by atoms with E-state index in [9.17, 15) is 0 Å². The summed E-state index contributed by atoms with van der Waals surface area (Å²) >= 11 is 1.83. The number of methoxy groups -OCH3 is 1.